The summed E-state index contributed by atoms with van der Waals surface area (Å²) in [6.07, 6.45) is 1.22. The monoisotopic (exact) mass is 254 g/mol. The highest BCUT2D eigenvalue weighted by Gasteiger charge is 2.38. The van der Waals surface area contributed by atoms with Crippen molar-refractivity contribution in [2.75, 3.05) is 11.9 Å². The molecule has 2 amide bonds. The van der Waals surface area contributed by atoms with Gasteiger partial charge in [-0.3, -0.25) is 9.59 Å². The highest BCUT2D eigenvalue weighted by atomic mass is 32.1. The number of anilines is 1. The van der Waals surface area contributed by atoms with Crippen molar-refractivity contribution in [2.45, 2.75) is 19.8 Å². The minimum absolute atomic E-state index is 0.0567. The van der Waals surface area contributed by atoms with Crippen LogP contribution in [0.15, 0.2) is 5.51 Å². The summed E-state index contributed by atoms with van der Waals surface area (Å²) in [7, 11) is 0. The fourth-order valence-corrected chi connectivity index (χ4v) is 1.99. The summed E-state index contributed by atoms with van der Waals surface area (Å²) >= 11 is 1.26. The van der Waals surface area contributed by atoms with Gasteiger partial charge in [-0.2, -0.15) is 0 Å². The van der Waals surface area contributed by atoms with Crippen molar-refractivity contribution in [3.63, 3.8) is 0 Å². The van der Waals surface area contributed by atoms with E-state index in [-0.39, 0.29) is 24.2 Å². The molecule has 0 bridgehead atoms. The van der Waals surface area contributed by atoms with Gasteiger partial charge in [-0.1, -0.05) is 18.3 Å². The van der Waals surface area contributed by atoms with Gasteiger partial charge in [0.1, 0.15) is 5.51 Å². The molecule has 6 nitrogen and oxygen atoms in total. The molecule has 0 aliphatic heterocycles. The van der Waals surface area contributed by atoms with E-state index in [1.54, 1.807) is 5.51 Å². The molecule has 92 valence electrons. The Bertz CT molecular complexity index is 406. The topological polar surface area (TPSA) is 84.0 Å². The molecule has 1 fully saturated rings. The van der Waals surface area contributed by atoms with Gasteiger partial charge in [-0.15, -0.1) is 10.2 Å². The van der Waals surface area contributed by atoms with Gasteiger partial charge >= 0.3 is 0 Å². The molecule has 2 rings (SSSR count). The van der Waals surface area contributed by atoms with Gasteiger partial charge < -0.3 is 10.6 Å². The molecule has 1 aromatic rings. The standard InChI is InChI=1S/C10H14N4O2S/c1-6-4-7(6)9(16)11-3-2-8(15)13-10-14-12-5-17-10/h5-7H,2-4H2,1H3,(H,11,16)(H,13,14,15). The van der Waals surface area contributed by atoms with Gasteiger partial charge in [0.05, 0.1) is 0 Å². The Labute approximate surface area is 103 Å². The minimum atomic E-state index is -0.161. The van der Waals surface area contributed by atoms with Crippen LogP contribution in [-0.4, -0.2) is 28.6 Å². The molecule has 1 heterocycles. The summed E-state index contributed by atoms with van der Waals surface area (Å²) in [5.74, 6) is 0.540. The van der Waals surface area contributed by atoms with Crippen molar-refractivity contribution in [1.29, 1.82) is 0 Å². The molecule has 7 heteroatoms. The average Bonchev–Trinajstić information content (AvgIpc) is 2.80. The highest BCUT2D eigenvalue weighted by Crippen LogP contribution is 2.37. The zero-order valence-corrected chi connectivity index (χ0v) is 10.3. The number of nitrogens with one attached hydrogen (secondary N) is 2. The average molecular weight is 254 g/mol. The van der Waals surface area contributed by atoms with Crippen LogP contribution in [0.3, 0.4) is 0 Å². The molecule has 2 N–H and O–H groups in total. The van der Waals surface area contributed by atoms with E-state index in [0.29, 0.717) is 17.6 Å². The molecule has 0 aromatic carbocycles. The first-order valence-corrected chi connectivity index (χ1v) is 6.38. The van der Waals surface area contributed by atoms with Crippen molar-refractivity contribution >= 4 is 28.3 Å². The first kappa shape index (κ1) is 12.0. The fraction of sp³-hybridized carbons (Fsp3) is 0.600. The maximum atomic E-state index is 11.5. The van der Waals surface area contributed by atoms with Crippen LogP contribution in [-0.2, 0) is 9.59 Å². The SMILES string of the molecule is CC1CC1C(=O)NCCC(=O)Nc1nncs1. The van der Waals surface area contributed by atoms with Crippen LogP contribution in [0.2, 0.25) is 0 Å². The maximum absolute atomic E-state index is 11.5. The van der Waals surface area contributed by atoms with Gasteiger partial charge in [-0.05, 0) is 12.3 Å². The van der Waals surface area contributed by atoms with E-state index in [1.165, 1.54) is 11.3 Å². The van der Waals surface area contributed by atoms with Crippen molar-refractivity contribution in [3.05, 3.63) is 5.51 Å². The zero-order chi connectivity index (χ0) is 12.3. The van der Waals surface area contributed by atoms with Gasteiger partial charge in [0.2, 0.25) is 16.9 Å². The lowest BCUT2D eigenvalue weighted by molar-refractivity contribution is -0.122. The second kappa shape index (κ2) is 5.22. The fourth-order valence-electron chi connectivity index (χ4n) is 1.53. The lowest BCUT2D eigenvalue weighted by Crippen LogP contribution is -2.29. The van der Waals surface area contributed by atoms with E-state index >= 15 is 0 Å². The third-order valence-electron chi connectivity index (χ3n) is 2.70. The molecule has 0 radical (unpaired) electrons. The van der Waals surface area contributed by atoms with E-state index in [1.807, 2.05) is 6.92 Å². The molecule has 1 aliphatic rings. The van der Waals surface area contributed by atoms with Crippen LogP contribution >= 0.6 is 11.3 Å². The molecular formula is C10H14N4O2S. The molecule has 17 heavy (non-hydrogen) atoms. The number of carbonyl (C=O) groups excluding carboxylic acids is 2. The first-order chi connectivity index (χ1) is 8.16. The largest absolute Gasteiger partial charge is 0.355 e. The summed E-state index contributed by atoms with van der Waals surface area (Å²) in [4.78, 5) is 22.9. The van der Waals surface area contributed by atoms with Gasteiger partial charge in [0, 0.05) is 18.9 Å². The van der Waals surface area contributed by atoms with E-state index in [4.69, 9.17) is 0 Å². The summed E-state index contributed by atoms with van der Waals surface area (Å²) < 4.78 is 0. The Morgan fingerprint density at radius 1 is 1.59 bits per heavy atom. The van der Waals surface area contributed by atoms with E-state index < -0.39 is 0 Å². The molecule has 1 aliphatic carbocycles. The van der Waals surface area contributed by atoms with Crippen LogP contribution in [0.4, 0.5) is 5.13 Å². The van der Waals surface area contributed by atoms with Gasteiger partial charge in [0.25, 0.3) is 0 Å². The van der Waals surface area contributed by atoms with Crippen molar-refractivity contribution in [3.8, 4) is 0 Å². The second-order valence-corrected chi connectivity index (χ2v) is 4.99. The number of aromatic nitrogens is 2. The molecule has 1 saturated carbocycles. The first-order valence-electron chi connectivity index (χ1n) is 5.50. The van der Waals surface area contributed by atoms with Crippen molar-refractivity contribution in [2.24, 2.45) is 11.8 Å². The van der Waals surface area contributed by atoms with Crippen LogP contribution in [0.1, 0.15) is 19.8 Å². The lowest BCUT2D eigenvalue weighted by atomic mass is 10.3. The van der Waals surface area contributed by atoms with Crippen molar-refractivity contribution in [1.82, 2.24) is 15.5 Å². The quantitative estimate of drug-likeness (QED) is 0.807. The number of nitrogens with zero attached hydrogens (tertiary/aromatic N) is 2. The second-order valence-electron chi connectivity index (χ2n) is 4.15. The number of hydrogen-bond acceptors (Lipinski definition) is 5. The summed E-state index contributed by atoms with van der Waals surface area (Å²) in [5, 5.41) is 13.1. The predicted molar refractivity (Wildman–Crippen MR) is 63.4 cm³/mol. The van der Waals surface area contributed by atoms with Crippen LogP contribution in [0.25, 0.3) is 0 Å². The smallest absolute Gasteiger partial charge is 0.227 e. The summed E-state index contributed by atoms with van der Waals surface area (Å²) in [6.45, 7) is 2.42. The number of hydrogen-bond donors (Lipinski definition) is 2. The van der Waals surface area contributed by atoms with Gasteiger partial charge in [-0.25, -0.2) is 0 Å². The molecule has 0 saturated heterocycles. The zero-order valence-electron chi connectivity index (χ0n) is 9.47. The molecule has 2 unspecified atom stereocenters. The highest BCUT2D eigenvalue weighted by molar-refractivity contribution is 7.13. The minimum Gasteiger partial charge on any atom is -0.355 e. The van der Waals surface area contributed by atoms with E-state index in [0.717, 1.165) is 6.42 Å². The van der Waals surface area contributed by atoms with Gasteiger partial charge in [0.15, 0.2) is 0 Å². The summed E-state index contributed by atoms with van der Waals surface area (Å²) in [5.41, 5.74) is 1.55. The summed E-state index contributed by atoms with van der Waals surface area (Å²) in [6, 6.07) is 0. The lowest BCUT2D eigenvalue weighted by Gasteiger charge is -2.03. The number of carbonyl (C=O) groups is 2. The molecule has 0 spiro atoms. The normalized spacial score (nSPS) is 21.9. The Morgan fingerprint density at radius 3 is 2.94 bits per heavy atom. The predicted octanol–water partition coefficient (Wildman–Crippen LogP) is 0.639. The number of rotatable bonds is 5. The Hall–Kier alpha value is -1.50. The molecule has 2 atom stereocenters. The van der Waals surface area contributed by atoms with Crippen LogP contribution in [0, 0.1) is 11.8 Å². The Balaban J connectivity index is 1.61. The Morgan fingerprint density at radius 2 is 2.35 bits per heavy atom. The third kappa shape index (κ3) is 3.48. The van der Waals surface area contributed by atoms with E-state index in [2.05, 4.69) is 20.8 Å². The maximum Gasteiger partial charge on any atom is 0.227 e. The number of amides is 2. The Kier molecular flexibility index (Phi) is 3.68. The molecule has 1 aromatic heterocycles. The van der Waals surface area contributed by atoms with E-state index in [9.17, 15) is 9.59 Å². The van der Waals surface area contributed by atoms with Crippen LogP contribution in [0.5, 0.6) is 0 Å². The van der Waals surface area contributed by atoms with Crippen LogP contribution < -0.4 is 10.6 Å². The van der Waals surface area contributed by atoms with Crippen molar-refractivity contribution < 1.29 is 9.59 Å². The molecular weight excluding hydrogens is 240 g/mol. The third-order valence-corrected chi connectivity index (χ3v) is 3.31.